The van der Waals surface area contributed by atoms with Gasteiger partial charge in [0.2, 0.25) is 0 Å². The van der Waals surface area contributed by atoms with Gasteiger partial charge >= 0.3 is 12.1 Å². The molecule has 2 atom stereocenters. The molecule has 0 aliphatic heterocycles. The second-order valence-electron chi connectivity index (χ2n) is 6.33. The van der Waals surface area contributed by atoms with E-state index in [2.05, 4.69) is 4.74 Å². The van der Waals surface area contributed by atoms with Crippen LogP contribution in [-0.4, -0.2) is 13.1 Å². The summed E-state index contributed by atoms with van der Waals surface area (Å²) in [5.74, 6) is -9.00. The number of rotatable bonds is 5. The standard InChI is InChI=1S/C17H14F5NO3/c1-16(2)10(6-8(7-23)25-3)12(16)15(24)26-17(21,22)9-4-5-11(18)14(20)13(9)19/h4-6,10,12H,1-3H3/t10-,12-/m0/s1. The summed E-state index contributed by atoms with van der Waals surface area (Å²) in [6.45, 7) is 3.17. The number of ether oxygens (including phenoxy) is 2. The van der Waals surface area contributed by atoms with E-state index in [0.717, 1.165) is 0 Å². The summed E-state index contributed by atoms with van der Waals surface area (Å²) < 4.78 is 76.6. The third kappa shape index (κ3) is 3.36. The fourth-order valence-electron chi connectivity index (χ4n) is 2.75. The highest BCUT2D eigenvalue weighted by Gasteiger charge is 2.63. The molecule has 0 spiro atoms. The first-order chi connectivity index (χ1) is 12.0. The molecule has 0 aromatic heterocycles. The third-order valence-electron chi connectivity index (χ3n) is 4.40. The summed E-state index contributed by atoms with van der Waals surface area (Å²) in [5, 5.41) is 8.82. The molecule has 9 heteroatoms. The van der Waals surface area contributed by atoms with Crippen LogP contribution in [0.3, 0.4) is 0 Å². The smallest absolute Gasteiger partial charge is 0.431 e. The Balaban J connectivity index is 2.23. The zero-order valence-electron chi connectivity index (χ0n) is 13.9. The van der Waals surface area contributed by atoms with Crippen LogP contribution in [0.1, 0.15) is 19.4 Å². The molecule has 1 aromatic carbocycles. The highest BCUT2D eigenvalue weighted by molar-refractivity contribution is 5.78. The van der Waals surface area contributed by atoms with Gasteiger partial charge in [-0.05, 0) is 23.6 Å². The Kier molecular flexibility index (Phi) is 4.99. The van der Waals surface area contributed by atoms with Crippen molar-refractivity contribution in [2.75, 3.05) is 7.11 Å². The summed E-state index contributed by atoms with van der Waals surface area (Å²) in [4.78, 5) is 12.1. The maximum absolute atomic E-state index is 14.1. The first kappa shape index (κ1) is 19.7. The van der Waals surface area contributed by atoms with E-state index in [9.17, 15) is 26.7 Å². The van der Waals surface area contributed by atoms with Crippen molar-refractivity contribution in [3.05, 3.63) is 47.0 Å². The molecule has 26 heavy (non-hydrogen) atoms. The first-order valence-electron chi connectivity index (χ1n) is 7.38. The minimum Gasteiger partial charge on any atom is -0.487 e. The molecule has 1 saturated carbocycles. The molecule has 1 fully saturated rings. The third-order valence-corrected chi connectivity index (χ3v) is 4.40. The van der Waals surface area contributed by atoms with Crippen LogP contribution >= 0.6 is 0 Å². The molecule has 0 amide bonds. The number of methoxy groups -OCH3 is 1. The first-order valence-corrected chi connectivity index (χ1v) is 7.38. The number of nitriles is 1. The zero-order valence-corrected chi connectivity index (χ0v) is 13.9. The van der Waals surface area contributed by atoms with Gasteiger partial charge in [-0.2, -0.15) is 14.0 Å². The number of allylic oxidation sites excluding steroid dienone is 2. The van der Waals surface area contributed by atoms with Gasteiger partial charge in [-0.1, -0.05) is 13.8 Å². The number of alkyl halides is 2. The highest BCUT2D eigenvalue weighted by atomic mass is 19.3. The van der Waals surface area contributed by atoms with Gasteiger partial charge in [0.1, 0.15) is 11.6 Å². The molecule has 0 N–H and O–H groups in total. The van der Waals surface area contributed by atoms with E-state index in [4.69, 9.17) is 10.00 Å². The molecule has 1 aliphatic rings. The number of halogens is 5. The zero-order chi connectivity index (χ0) is 19.9. The minimum atomic E-state index is -4.50. The fourth-order valence-corrected chi connectivity index (χ4v) is 2.75. The van der Waals surface area contributed by atoms with Gasteiger partial charge in [-0.15, -0.1) is 0 Å². The Hall–Kier alpha value is -2.63. The van der Waals surface area contributed by atoms with Crippen LogP contribution in [0.4, 0.5) is 22.0 Å². The second kappa shape index (κ2) is 6.59. The van der Waals surface area contributed by atoms with Crippen LogP contribution < -0.4 is 0 Å². The summed E-state index contributed by atoms with van der Waals surface area (Å²) in [7, 11) is 1.23. The van der Waals surface area contributed by atoms with E-state index >= 15 is 0 Å². The second-order valence-corrected chi connectivity index (χ2v) is 6.33. The van der Waals surface area contributed by atoms with Gasteiger partial charge in [-0.25, -0.2) is 13.2 Å². The van der Waals surface area contributed by atoms with Gasteiger partial charge in [-0.3, -0.25) is 4.79 Å². The molecule has 1 aliphatic carbocycles. The predicted octanol–water partition coefficient (Wildman–Crippen LogP) is 4.02. The monoisotopic (exact) mass is 375 g/mol. The lowest BCUT2D eigenvalue weighted by Gasteiger charge is -2.18. The van der Waals surface area contributed by atoms with Crippen molar-refractivity contribution < 1.29 is 36.2 Å². The highest BCUT2D eigenvalue weighted by Crippen LogP contribution is 2.60. The van der Waals surface area contributed by atoms with Crippen LogP contribution in [0.15, 0.2) is 24.0 Å². The summed E-state index contributed by atoms with van der Waals surface area (Å²) >= 11 is 0. The topological polar surface area (TPSA) is 59.3 Å². The average Bonchev–Trinajstić information content (AvgIpc) is 3.10. The maximum Gasteiger partial charge on any atom is 0.431 e. The normalized spacial score (nSPS) is 21.7. The molecule has 140 valence electrons. The Morgan fingerprint density at radius 3 is 2.42 bits per heavy atom. The quantitative estimate of drug-likeness (QED) is 0.256. The number of carbonyl (C=O) groups excluding carboxylic acids is 1. The van der Waals surface area contributed by atoms with Crippen molar-refractivity contribution in [2.45, 2.75) is 20.0 Å². The van der Waals surface area contributed by atoms with Gasteiger partial charge in [0.25, 0.3) is 0 Å². The Morgan fingerprint density at radius 1 is 1.27 bits per heavy atom. The summed E-state index contributed by atoms with van der Waals surface area (Å²) in [5.41, 5.74) is -2.40. The number of benzene rings is 1. The van der Waals surface area contributed by atoms with Crippen molar-refractivity contribution >= 4 is 5.97 Å². The number of hydrogen-bond donors (Lipinski definition) is 0. The average molecular weight is 375 g/mol. The van der Waals surface area contributed by atoms with E-state index in [-0.39, 0.29) is 5.76 Å². The van der Waals surface area contributed by atoms with E-state index in [1.165, 1.54) is 13.2 Å². The van der Waals surface area contributed by atoms with Crippen LogP contribution in [0.5, 0.6) is 0 Å². The lowest BCUT2D eigenvalue weighted by atomic mass is 10.1. The largest absolute Gasteiger partial charge is 0.487 e. The molecule has 2 rings (SSSR count). The molecule has 0 saturated heterocycles. The molecule has 0 bridgehead atoms. The van der Waals surface area contributed by atoms with Crippen LogP contribution in [0.2, 0.25) is 0 Å². The van der Waals surface area contributed by atoms with E-state index in [0.29, 0.717) is 12.1 Å². The van der Waals surface area contributed by atoms with Crippen molar-refractivity contribution in [2.24, 2.45) is 17.3 Å². The van der Waals surface area contributed by atoms with E-state index in [1.54, 1.807) is 19.9 Å². The van der Waals surface area contributed by atoms with Gasteiger partial charge in [0, 0.05) is 5.92 Å². The van der Waals surface area contributed by atoms with Crippen molar-refractivity contribution in [3.8, 4) is 6.07 Å². The molecule has 0 unspecified atom stereocenters. The number of hydrogen-bond acceptors (Lipinski definition) is 4. The van der Waals surface area contributed by atoms with Gasteiger partial charge in [0.05, 0.1) is 13.0 Å². The minimum absolute atomic E-state index is 0.100. The van der Waals surface area contributed by atoms with Crippen LogP contribution in [0, 0.1) is 46.0 Å². The van der Waals surface area contributed by atoms with Crippen molar-refractivity contribution in [1.82, 2.24) is 0 Å². The van der Waals surface area contributed by atoms with Gasteiger partial charge in [0.15, 0.2) is 23.2 Å². The van der Waals surface area contributed by atoms with Crippen LogP contribution in [-0.2, 0) is 20.4 Å². The number of esters is 1. The number of nitrogens with zero attached hydrogens (tertiary/aromatic N) is 1. The van der Waals surface area contributed by atoms with Gasteiger partial charge < -0.3 is 9.47 Å². The molecular weight excluding hydrogens is 361 g/mol. The Morgan fingerprint density at radius 2 is 1.88 bits per heavy atom. The molecule has 1 aromatic rings. The summed E-state index contributed by atoms with van der Waals surface area (Å²) in [6.07, 6.45) is -3.19. The Bertz CT molecular complexity index is 813. The maximum atomic E-state index is 14.1. The van der Waals surface area contributed by atoms with Crippen LogP contribution in [0.25, 0.3) is 0 Å². The molecule has 0 radical (unpaired) electrons. The molecular formula is C17H14F5NO3. The predicted molar refractivity (Wildman–Crippen MR) is 77.8 cm³/mol. The number of carbonyl (C=O) groups is 1. The molecule has 4 nitrogen and oxygen atoms in total. The lowest BCUT2D eigenvalue weighted by Crippen LogP contribution is -2.26. The Labute approximate surface area is 145 Å². The fraction of sp³-hybridized carbons (Fsp3) is 0.412. The molecule has 0 heterocycles. The van der Waals surface area contributed by atoms with E-state index in [1.807, 2.05) is 0 Å². The SMILES string of the molecule is COC(C#N)=C[C@H]1[C@@H](C(=O)OC(F)(F)c2ccc(F)c(F)c2F)C1(C)C. The lowest BCUT2D eigenvalue weighted by molar-refractivity contribution is -0.243. The van der Waals surface area contributed by atoms with E-state index < -0.39 is 52.3 Å². The van der Waals surface area contributed by atoms with Crippen molar-refractivity contribution in [3.63, 3.8) is 0 Å². The summed E-state index contributed by atoms with van der Waals surface area (Å²) in [6, 6.07) is 2.33. The van der Waals surface area contributed by atoms with Crippen molar-refractivity contribution in [1.29, 1.82) is 5.26 Å².